The summed E-state index contributed by atoms with van der Waals surface area (Å²) in [6.45, 7) is 5.16. The number of anilines is 1. The van der Waals surface area contributed by atoms with Crippen LogP contribution in [-0.2, 0) is 6.42 Å². The Labute approximate surface area is 148 Å². The van der Waals surface area contributed by atoms with Crippen molar-refractivity contribution in [3.05, 3.63) is 60.2 Å². The molecule has 1 aliphatic heterocycles. The monoisotopic (exact) mass is 339 g/mol. The Balaban J connectivity index is 1.46. The highest BCUT2D eigenvalue weighted by molar-refractivity contribution is 5.75. The van der Waals surface area contributed by atoms with Crippen LogP contribution < -0.4 is 10.2 Å². The molecule has 1 heterocycles. The molecule has 1 fully saturated rings. The number of nitrogens with zero attached hydrogens (tertiary/aromatic N) is 2. The number of aromatic hydroxyl groups is 1. The summed E-state index contributed by atoms with van der Waals surface area (Å²) in [6, 6.07) is 17.5. The fourth-order valence-electron chi connectivity index (χ4n) is 3.15. The first-order valence-electron chi connectivity index (χ1n) is 8.75. The Kier molecular flexibility index (Phi) is 5.43. The number of hydrogen-bond donors (Lipinski definition) is 2. The van der Waals surface area contributed by atoms with E-state index in [0.717, 1.165) is 38.2 Å². The van der Waals surface area contributed by atoms with E-state index in [2.05, 4.69) is 22.3 Å². The van der Waals surface area contributed by atoms with Crippen molar-refractivity contribution in [2.24, 2.45) is 0 Å². The van der Waals surface area contributed by atoms with Crippen molar-refractivity contribution in [3.63, 3.8) is 0 Å². The molecule has 0 saturated carbocycles. The van der Waals surface area contributed by atoms with Crippen LogP contribution in [0.15, 0.2) is 54.6 Å². The van der Waals surface area contributed by atoms with Crippen LogP contribution in [0, 0.1) is 0 Å². The molecule has 1 saturated heterocycles. The van der Waals surface area contributed by atoms with E-state index < -0.39 is 0 Å². The van der Waals surface area contributed by atoms with E-state index in [1.165, 1.54) is 5.69 Å². The molecule has 25 heavy (non-hydrogen) atoms. The number of nitrogens with one attached hydrogen (secondary N) is 1. The second kappa shape index (κ2) is 7.92. The first-order chi connectivity index (χ1) is 12.1. The highest BCUT2D eigenvalue weighted by atomic mass is 16.3. The molecule has 1 unspecified atom stereocenters. The van der Waals surface area contributed by atoms with Gasteiger partial charge < -0.3 is 20.2 Å². The number of phenolic OH excluding ortho intramolecular Hbond substituents is 1. The van der Waals surface area contributed by atoms with Crippen LogP contribution in [0.2, 0.25) is 0 Å². The second-order valence-corrected chi connectivity index (χ2v) is 6.53. The predicted octanol–water partition coefficient (Wildman–Crippen LogP) is 2.86. The number of para-hydroxylation sites is 1. The summed E-state index contributed by atoms with van der Waals surface area (Å²) in [7, 11) is 0. The van der Waals surface area contributed by atoms with Crippen molar-refractivity contribution in [3.8, 4) is 5.75 Å². The lowest BCUT2D eigenvalue weighted by atomic mass is 10.1. The molecule has 1 aliphatic rings. The minimum Gasteiger partial charge on any atom is -0.508 e. The maximum Gasteiger partial charge on any atom is 0.317 e. The molecule has 5 heteroatoms. The molecule has 2 amide bonds. The van der Waals surface area contributed by atoms with Gasteiger partial charge in [-0.15, -0.1) is 0 Å². The van der Waals surface area contributed by atoms with Gasteiger partial charge in [-0.2, -0.15) is 0 Å². The molecule has 0 aromatic heterocycles. The van der Waals surface area contributed by atoms with Gasteiger partial charge in [0.25, 0.3) is 0 Å². The largest absolute Gasteiger partial charge is 0.508 e. The van der Waals surface area contributed by atoms with Crippen molar-refractivity contribution in [2.45, 2.75) is 19.4 Å². The molecule has 0 spiro atoms. The van der Waals surface area contributed by atoms with Gasteiger partial charge in [0.2, 0.25) is 0 Å². The van der Waals surface area contributed by atoms with Gasteiger partial charge in [-0.1, -0.05) is 30.3 Å². The molecule has 0 bridgehead atoms. The zero-order chi connectivity index (χ0) is 17.6. The van der Waals surface area contributed by atoms with Gasteiger partial charge in [0.1, 0.15) is 5.75 Å². The quantitative estimate of drug-likeness (QED) is 0.901. The van der Waals surface area contributed by atoms with E-state index in [9.17, 15) is 9.90 Å². The van der Waals surface area contributed by atoms with Gasteiger partial charge >= 0.3 is 6.03 Å². The standard InChI is InChI=1S/C20H25N3O2/c1-16(15-17-7-9-19(24)10-8-17)21-20(25)23-13-11-22(12-14-23)18-5-3-2-4-6-18/h2-10,16,24H,11-15H2,1H3,(H,21,25). The van der Waals surface area contributed by atoms with Crippen molar-refractivity contribution >= 4 is 11.7 Å². The van der Waals surface area contributed by atoms with Crippen LogP contribution in [0.5, 0.6) is 5.75 Å². The third kappa shape index (κ3) is 4.66. The molecule has 3 rings (SSSR count). The molecular formula is C20H25N3O2. The van der Waals surface area contributed by atoms with Gasteiger partial charge in [0, 0.05) is 37.9 Å². The van der Waals surface area contributed by atoms with Crippen molar-refractivity contribution in [1.29, 1.82) is 0 Å². The number of hydrogen-bond acceptors (Lipinski definition) is 3. The van der Waals surface area contributed by atoms with E-state index in [1.54, 1.807) is 12.1 Å². The minimum atomic E-state index is -0.000935. The third-order valence-corrected chi connectivity index (χ3v) is 4.54. The van der Waals surface area contributed by atoms with E-state index in [-0.39, 0.29) is 17.8 Å². The van der Waals surface area contributed by atoms with Crippen LogP contribution in [-0.4, -0.2) is 48.3 Å². The molecule has 2 aromatic rings. The van der Waals surface area contributed by atoms with Crippen LogP contribution in [0.3, 0.4) is 0 Å². The average molecular weight is 339 g/mol. The lowest BCUT2D eigenvalue weighted by Crippen LogP contribution is -2.53. The number of urea groups is 1. The molecule has 0 radical (unpaired) electrons. The van der Waals surface area contributed by atoms with Crippen molar-refractivity contribution in [2.75, 3.05) is 31.1 Å². The van der Waals surface area contributed by atoms with Crippen molar-refractivity contribution < 1.29 is 9.90 Å². The second-order valence-electron chi connectivity index (χ2n) is 6.53. The summed E-state index contributed by atoms with van der Waals surface area (Å²) < 4.78 is 0. The summed E-state index contributed by atoms with van der Waals surface area (Å²) in [6.07, 6.45) is 0.746. The zero-order valence-corrected chi connectivity index (χ0v) is 14.6. The molecule has 1 atom stereocenters. The maximum atomic E-state index is 12.5. The predicted molar refractivity (Wildman–Crippen MR) is 100 cm³/mol. The van der Waals surface area contributed by atoms with E-state index >= 15 is 0 Å². The molecular weight excluding hydrogens is 314 g/mol. The number of carbonyl (C=O) groups excluding carboxylic acids is 1. The highest BCUT2D eigenvalue weighted by Gasteiger charge is 2.22. The third-order valence-electron chi connectivity index (χ3n) is 4.54. The van der Waals surface area contributed by atoms with Crippen LogP contribution in [0.4, 0.5) is 10.5 Å². The van der Waals surface area contributed by atoms with Gasteiger partial charge in [-0.3, -0.25) is 0 Å². The van der Waals surface area contributed by atoms with Crippen LogP contribution >= 0.6 is 0 Å². The number of benzene rings is 2. The number of piperazine rings is 1. The lowest BCUT2D eigenvalue weighted by molar-refractivity contribution is 0.191. The first-order valence-corrected chi connectivity index (χ1v) is 8.75. The zero-order valence-electron chi connectivity index (χ0n) is 14.6. The molecule has 2 aromatic carbocycles. The molecule has 5 nitrogen and oxygen atoms in total. The smallest absolute Gasteiger partial charge is 0.317 e. The number of amides is 2. The SMILES string of the molecule is CC(Cc1ccc(O)cc1)NC(=O)N1CCN(c2ccccc2)CC1. The lowest BCUT2D eigenvalue weighted by Gasteiger charge is -2.36. The van der Waals surface area contributed by atoms with E-state index in [1.807, 2.05) is 42.2 Å². The van der Waals surface area contributed by atoms with Crippen LogP contribution in [0.1, 0.15) is 12.5 Å². The Morgan fingerprint density at radius 2 is 1.68 bits per heavy atom. The fourth-order valence-corrected chi connectivity index (χ4v) is 3.15. The number of phenols is 1. The summed E-state index contributed by atoms with van der Waals surface area (Å²) in [5.74, 6) is 0.261. The Bertz CT molecular complexity index is 680. The average Bonchev–Trinajstić information content (AvgIpc) is 2.64. The molecule has 132 valence electrons. The summed E-state index contributed by atoms with van der Waals surface area (Å²) >= 11 is 0. The van der Waals surface area contributed by atoms with Gasteiger partial charge in [-0.25, -0.2) is 4.79 Å². The fraction of sp³-hybridized carbons (Fsp3) is 0.350. The topological polar surface area (TPSA) is 55.8 Å². The number of carbonyl (C=O) groups is 1. The van der Waals surface area contributed by atoms with Gasteiger partial charge in [-0.05, 0) is 43.2 Å². The molecule has 0 aliphatic carbocycles. The Morgan fingerprint density at radius 1 is 1.04 bits per heavy atom. The molecule has 2 N–H and O–H groups in total. The van der Waals surface area contributed by atoms with E-state index in [0.29, 0.717) is 0 Å². The summed E-state index contributed by atoms with van der Waals surface area (Å²) in [5.41, 5.74) is 2.31. The summed E-state index contributed by atoms with van der Waals surface area (Å²) in [4.78, 5) is 16.6. The first kappa shape index (κ1) is 17.1. The van der Waals surface area contributed by atoms with Crippen LogP contribution in [0.25, 0.3) is 0 Å². The van der Waals surface area contributed by atoms with Crippen molar-refractivity contribution in [1.82, 2.24) is 10.2 Å². The van der Waals surface area contributed by atoms with E-state index in [4.69, 9.17) is 0 Å². The number of rotatable bonds is 4. The normalized spacial score (nSPS) is 15.7. The van der Waals surface area contributed by atoms with Gasteiger partial charge in [0.05, 0.1) is 0 Å². The Morgan fingerprint density at radius 3 is 2.32 bits per heavy atom. The minimum absolute atomic E-state index is 0.000935. The summed E-state index contributed by atoms with van der Waals surface area (Å²) in [5, 5.41) is 12.4. The maximum absolute atomic E-state index is 12.5. The highest BCUT2D eigenvalue weighted by Crippen LogP contribution is 2.16. The van der Waals surface area contributed by atoms with Gasteiger partial charge in [0.15, 0.2) is 0 Å². The Hall–Kier alpha value is -2.69.